The van der Waals surface area contributed by atoms with Gasteiger partial charge in [0.1, 0.15) is 0 Å². The first-order valence-corrected chi connectivity index (χ1v) is 10.6. The summed E-state index contributed by atoms with van der Waals surface area (Å²) in [4.78, 5) is 19.3. The third-order valence-corrected chi connectivity index (χ3v) is 6.47. The number of rotatable bonds is 4. The van der Waals surface area contributed by atoms with Crippen LogP contribution in [0.15, 0.2) is 36.0 Å². The average molecular weight is 439 g/mol. The van der Waals surface area contributed by atoms with Gasteiger partial charge in [0.05, 0.1) is 25.5 Å². The van der Waals surface area contributed by atoms with Crippen LogP contribution in [0.2, 0.25) is 5.02 Å². The van der Waals surface area contributed by atoms with E-state index in [-0.39, 0.29) is 11.3 Å². The highest BCUT2D eigenvalue weighted by atomic mass is 35.5. The van der Waals surface area contributed by atoms with Crippen molar-refractivity contribution in [1.29, 1.82) is 0 Å². The number of carbonyl (C=O) groups is 1. The van der Waals surface area contributed by atoms with E-state index in [1.54, 1.807) is 14.2 Å². The van der Waals surface area contributed by atoms with Crippen LogP contribution < -0.4 is 9.47 Å². The Hall–Kier alpha value is -2.92. The molecule has 31 heavy (non-hydrogen) atoms. The quantitative estimate of drug-likeness (QED) is 0.536. The molecule has 4 rings (SSSR count). The van der Waals surface area contributed by atoms with Crippen molar-refractivity contribution in [3.8, 4) is 11.5 Å². The summed E-state index contributed by atoms with van der Waals surface area (Å²) in [6.07, 6.45) is 2.71. The molecular formula is C25H27ClN2O3. The molecule has 2 aromatic carbocycles. The fraction of sp³-hybridized carbons (Fsp3) is 0.320. The monoisotopic (exact) mass is 438 g/mol. The van der Waals surface area contributed by atoms with E-state index in [1.807, 2.05) is 50.4 Å². The minimum Gasteiger partial charge on any atom is -0.493 e. The Morgan fingerprint density at radius 3 is 2.48 bits per heavy atom. The standard InChI is InChI=1S/C25H27ClN2O3/c1-14-23(18-12-17(26)7-8-19(18)27-14)24(29)20-9-15-10-21(30-5)22(31-6)11-16(15)13-25(2,3)28(20)4/h7-12,27H,13H2,1-6H3. The molecule has 2 heterocycles. The molecular weight excluding hydrogens is 412 g/mol. The number of likely N-dealkylation sites (N-methyl/N-ethyl adjacent to an activating group) is 1. The number of aromatic amines is 1. The van der Waals surface area contributed by atoms with Crippen molar-refractivity contribution in [2.45, 2.75) is 32.7 Å². The summed E-state index contributed by atoms with van der Waals surface area (Å²) in [6, 6.07) is 9.52. The number of hydrogen-bond donors (Lipinski definition) is 1. The molecule has 1 aliphatic rings. The topological polar surface area (TPSA) is 54.6 Å². The van der Waals surface area contributed by atoms with Gasteiger partial charge in [0, 0.05) is 34.2 Å². The highest BCUT2D eigenvalue weighted by Crippen LogP contribution is 2.39. The average Bonchev–Trinajstić information content (AvgIpc) is 3.01. The van der Waals surface area contributed by atoms with E-state index in [0.717, 1.165) is 34.1 Å². The molecule has 0 fully saturated rings. The van der Waals surface area contributed by atoms with Gasteiger partial charge in [-0.25, -0.2) is 0 Å². The van der Waals surface area contributed by atoms with E-state index >= 15 is 0 Å². The van der Waals surface area contributed by atoms with Crippen molar-refractivity contribution in [2.24, 2.45) is 0 Å². The molecule has 0 bridgehead atoms. The fourth-order valence-electron chi connectivity index (χ4n) is 4.32. The van der Waals surface area contributed by atoms with E-state index in [0.29, 0.717) is 27.8 Å². The number of fused-ring (bicyclic) bond motifs is 2. The lowest BCUT2D eigenvalue weighted by atomic mass is 9.92. The number of aromatic nitrogens is 1. The number of Topliss-reactive ketones (excluding diaryl/α,β-unsaturated/α-hetero) is 1. The Morgan fingerprint density at radius 1 is 1.13 bits per heavy atom. The Kier molecular flexibility index (Phi) is 5.26. The summed E-state index contributed by atoms with van der Waals surface area (Å²) in [5.74, 6) is 1.29. The SMILES string of the molecule is COc1cc2c(cc1OC)CC(C)(C)N(C)C(C(=O)c1c(C)[nH]c3ccc(Cl)cc13)=C2. The van der Waals surface area contributed by atoms with E-state index < -0.39 is 0 Å². The maximum Gasteiger partial charge on any atom is 0.211 e. The van der Waals surface area contributed by atoms with Crippen molar-refractivity contribution >= 4 is 34.4 Å². The largest absolute Gasteiger partial charge is 0.493 e. The minimum atomic E-state index is -0.288. The van der Waals surface area contributed by atoms with Gasteiger partial charge in [-0.1, -0.05) is 11.6 Å². The number of nitrogens with zero attached hydrogens (tertiary/aromatic N) is 1. The second-order valence-corrected chi connectivity index (χ2v) is 9.06. The Balaban J connectivity index is 1.93. The van der Waals surface area contributed by atoms with E-state index in [9.17, 15) is 4.79 Å². The van der Waals surface area contributed by atoms with Crippen LogP contribution in [0.3, 0.4) is 0 Å². The lowest BCUT2D eigenvalue weighted by Gasteiger charge is -2.37. The van der Waals surface area contributed by atoms with Gasteiger partial charge in [0.25, 0.3) is 0 Å². The lowest BCUT2D eigenvalue weighted by molar-refractivity contribution is 0.0959. The van der Waals surface area contributed by atoms with Crippen LogP contribution in [0.5, 0.6) is 11.5 Å². The van der Waals surface area contributed by atoms with Crippen LogP contribution in [-0.2, 0) is 6.42 Å². The molecule has 0 spiro atoms. The second-order valence-electron chi connectivity index (χ2n) is 8.63. The van der Waals surface area contributed by atoms with Gasteiger partial charge in [0.15, 0.2) is 11.5 Å². The zero-order chi connectivity index (χ0) is 22.5. The van der Waals surface area contributed by atoms with Crippen LogP contribution in [0.4, 0.5) is 0 Å². The minimum absolute atomic E-state index is 0.0378. The molecule has 1 aliphatic heterocycles. The predicted octanol–water partition coefficient (Wildman–Crippen LogP) is 5.64. The number of aryl methyl sites for hydroxylation is 1. The first-order valence-electron chi connectivity index (χ1n) is 10.2. The summed E-state index contributed by atoms with van der Waals surface area (Å²) in [5.41, 5.74) is 4.77. The molecule has 0 radical (unpaired) electrons. The molecule has 1 aromatic heterocycles. The third kappa shape index (κ3) is 3.57. The molecule has 162 valence electrons. The number of methoxy groups -OCH3 is 2. The van der Waals surface area contributed by atoms with Crippen LogP contribution >= 0.6 is 11.6 Å². The normalized spacial score (nSPS) is 15.3. The van der Waals surface area contributed by atoms with Gasteiger partial charge >= 0.3 is 0 Å². The molecule has 0 unspecified atom stereocenters. The maximum atomic E-state index is 13.9. The number of allylic oxidation sites excluding steroid dienone is 1. The van der Waals surface area contributed by atoms with E-state index in [4.69, 9.17) is 21.1 Å². The third-order valence-electron chi connectivity index (χ3n) is 6.24. The fourth-order valence-corrected chi connectivity index (χ4v) is 4.49. The van der Waals surface area contributed by atoms with Gasteiger partial charge in [-0.2, -0.15) is 0 Å². The molecule has 3 aromatic rings. The van der Waals surface area contributed by atoms with Crippen molar-refractivity contribution in [3.63, 3.8) is 0 Å². The van der Waals surface area contributed by atoms with Crippen LogP contribution in [0.25, 0.3) is 17.0 Å². The number of ketones is 1. The highest BCUT2D eigenvalue weighted by molar-refractivity contribution is 6.31. The number of benzene rings is 2. The smallest absolute Gasteiger partial charge is 0.211 e. The molecule has 0 saturated carbocycles. The number of halogens is 1. The molecule has 1 N–H and O–H groups in total. The van der Waals surface area contributed by atoms with Crippen LogP contribution in [0.1, 0.15) is 41.0 Å². The highest BCUT2D eigenvalue weighted by Gasteiger charge is 2.34. The van der Waals surface area contributed by atoms with Gasteiger partial charge in [-0.05, 0) is 74.7 Å². The lowest BCUT2D eigenvalue weighted by Crippen LogP contribution is -2.43. The Bertz CT molecular complexity index is 1220. The van der Waals surface area contributed by atoms with Crippen LogP contribution in [-0.4, -0.2) is 42.5 Å². The zero-order valence-electron chi connectivity index (χ0n) is 18.7. The van der Waals surface area contributed by atoms with Crippen molar-refractivity contribution in [2.75, 3.05) is 21.3 Å². The second kappa shape index (κ2) is 7.65. The van der Waals surface area contributed by atoms with Crippen molar-refractivity contribution in [3.05, 3.63) is 63.4 Å². The molecule has 5 nitrogen and oxygen atoms in total. The zero-order valence-corrected chi connectivity index (χ0v) is 19.5. The van der Waals surface area contributed by atoms with E-state index in [2.05, 4.69) is 23.7 Å². The Morgan fingerprint density at radius 2 is 1.81 bits per heavy atom. The molecule has 0 amide bonds. The van der Waals surface area contributed by atoms with Gasteiger partial charge in [-0.3, -0.25) is 4.79 Å². The molecule has 6 heteroatoms. The maximum absolute atomic E-state index is 13.9. The summed E-state index contributed by atoms with van der Waals surface area (Å²) in [5, 5.41) is 1.44. The van der Waals surface area contributed by atoms with Gasteiger partial charge < -0.3 is 19.4 Å². The summed E-state index contributed by atoms with van der Waals surface area (Å²) >= 11 is 6.24. The van der Waals surface area contributed by atoms with E-state index in [1.165, 1.54) is 0 Å². The van der Waals surface area contributed by atoms with Crippen LogP contribution in [0, 0.1) is 6.92 Å². The van der Waals surface area contributed by atoms with Crippen molar-refractivity contribution in [1.82, 2.24) is 9.88 Å². The summed E-state index contributed by atoms with van der Waals surface area (Å²) < 4.78 is 11.0. The predicted molar refractivity (Wildman–Crippen MR) is 125 cm³/mol. The molecule has 0 aliphatic carbocycles. The van der Waals surface area contributed by atoms with Gasteiger partial charge in [0.2, 0.25) is 5.78 Å². The molecule has 0 saturated heterocycles. The Labute approximate surface area is 187 Å². The number of ether oxygens (including phenoxy) is 2. The van der Waals surface area contributed by atoms with Crippen molar-refractivity contribution < 1.29 is 14.3 Å². The molecule has 0 atom stereocenters. The summed E-state index contributed by atoms with van der Waals surface area (Å²) in [7, 11) is 5.22. The number of H-pyrrole nitrogens is 1. The summed E-state index contributed by atoms with van der Waals surface area (Å²) in [6.45, 7) is 6.20. The first-order chi connectivity index (χ1) is 14.7. The van der Waals surface area contributed by atoms with Gasteiger partial charge in [-0.15, -0.1) is 0 Å². The number of carbonyl (C=O) groups excluding carboxylic acids is 1. The first kappa shape index (κ1) is 21.3. The number of hydrogen-bond acceptors (Lipinski definition) is 4. The number of nitrogens with one attached hydrogen (secondary N) is 1.